The van der Waals surface area contributed by atoms with E-state index in [9.17, 15) is 0 Å². The zero-order chi connectivity index (χ0) is 10.7. The first kappa shape index (κ1) is 10.0. The van der Waals surface area contributed by atoms with Gasteiger partial charge in [-0.1, -0.05) is 37.3 Å². The maximum Gasteiger partial charge on any atom is 0.123 e. The van der Waals surface area contributed by atoms with Crippen molar-refractivity contribution in [2.45, 2.75) is 13.8 Å². The van der Waals surface area contributed by atoms with Crippen molar-refractivity contribution < 1.29 is 4.74 Å². The maximum absolute atomic E-state index is 5.60. The Morgan fingerprint density at radius 3 is 2.67 bits per heavy atom. The summed E-state index contributed by atoms with van der Waals surface area (Å²) >= 11 is 0. The molecule has 0 saturated heterocycles. The zero-order valence-electron chi connectivity index (χ0n) is 9.16. The van der Waals surface area contributed by atoms with E-state index in [0.29, 0.717) is 6.61 Å². The molecule has 1 heteroatoms. The lowest BCUT2D eigenvalue weighted by Gasteiger charge is -2.11. The van der Waals surface area contributed by atoms with E-state index in [2.05, 4.69) is 36.8 Å². The molecular weight excluding hydrogens is 184 g/mol. The topological polar surface area (TPSA) is 9.23 Å². The van der Waals surface area contributed by atoms with Gasteiger partial charge in [-0.2, -0.15) is 0 Å². The van der Waals surface area contributed by atoms with Crippen LogP contribution >= 0.6 is 0 Å². The second kappa shape index (κ2) is 4.35. The van der Waals surface area contributed by atoms with Gasteiger partial charge in [0.25, 0.3) is 0 Å². The molecule has 1 radical (unpaired) electrons. The lowest BCUT2D eigenvalue weighted by atomic mass is 10.0. The Balaban J connectivity index is 2.64. The van der Waals surface area contributed by atoms with Gasteiger partial charge in [0.1, 0.15) is 5.75 Å². The van der Waals surface area contributed by atoms with Gasteiger partial charge < -0.3 is 4.74 Å². The van der Waals surface area contributed by atoms with E-state index in [4.69, 9.17) is 4.74 Å². The molecule has 2 rings (SSSR count). The third-order valence-electron chi connectivity index (χ3n) is 2.52. The van der Waals surface area contributed by atoms with Crippen LogP contribution in [0.5, 0.6) is 5.75 Å². The van der Waals surface area contributed by atoms with Gasteiger partial charge in [0.15, 0.2) is 0 Å². The summed E-state index contributed by atoms with van der Waals surface area (Å²) in [7, 11) is 0. The molecule has 0 aliphatic rings. The second-order valence-electron chi connectivity index (χ2n) is 3.42. The van der Waals surface area contributed by atoms with Gasteiger partial charge in [0.2, 0.25) is 0 Å². The van der Waals surface area contributed by atoms with E-state index >= 15 is 0 Å². The number of fused-ring (bicyclic) bond motifs is 1. The summed E-state index contributed by atoms with van der Waals surface area (Å²) < 4.78 is 5.60. The van der Waals surface area contributed by atoms with Crippen molar-refractivity contribution in [2.24, 2.45) is 0 Å². The minimum Gasteiger partial charge on any atom is -0.494 e. The Hall–Kier alpha value is -1.50. The molecule has 0 heterocycles. The molecule has 2 aromatic rings. The Labute approximate surface area is 90.7 Å². The van der Waals surface area contributed by atoms with Crippen LogP contribution in [-0.4, -0.2) is 6.61 Å². The van der Waals surface area contributed by atoms with E-state index in [1.807, 2.05) is 19.9 Å². The van der Waals surface area contributed by atoms with Crippen molar-refractivity contribution in [1.82, 2.24) is 0 Å². The van der Waals surface area contributed by atoms with Crippen LogP contribution in [0.2, 0.25) is 0 Å². The molecule has 0 aliphatic heterocycles. The third kappa shape index (κ3) is 1.82. The van der Waals surface area contributed by atoms with Crippen LogP contribution in [0.3, 0.4) is 0 Å². The van der Waals surface area contributed by atoms with E-state index in [1.165, 1.54) is 16.3 Å². The van der Waals surface area contributed by atoms with Crippen molar-refractivity contribution in [1.29, 1.82) is 0 Å². The van der Waals surface area contributed by atoms with Crippen LogP contribution in [0.25, 0.3) is 10.8 Å². The summed E-state index contributed by atoms with van der Waals surface area (Å²) in [6.45, 7) is 4.76. The number of ether oxygens (including phenoxy) is 1. The van der Waals surface area contributed by atoms with Crippen LogP contribution in [0.15, 0.2) is 36.4 Å². The van der Waals surface area contributed by atoms with Crippen LogP contribution in [0.4, 0.5) is 0 Å². The predicted molar refractivity (Wildman–Crippen MR) is 64.2 cm³/mol. The second-order valence-corrected chi connectivity index (χ2v) is 3.42. The summed E-state index contributed by atoms with van der Waals surface area (Å²) in [6.07, 6.45) is 2.10. The van der Waals surface area contributed by atoms with Gasteiger partial charge in [0.05, 0.1) is 6.61 Å². The first-order valence-corrected chi connectivity index (χ1v) is 5.30. The average Bonchev–Trinajstić information content (AvgIpc) is 2.29. The fourth-order valence-electron chi connectivity index (χ4n) is 1.85. The van der Waals surface area contributed by atoms with Crippen molar-refractivity contribution in [2.75, 3.05) is 6.61 Å². The van der Waals surface area contributed by atoms with E-state index < -0.39 is 0 Å². The van der Waals surface area contributed by atoms with E-state index in [1.54, 1.807) is 0 Å². The van der Waals surface area contributed by atoms with Gasteiger partial charge in [-0.15, -0.1) is 0 Å². The average molecular weight is 199 g/mol. The molecule has 15 heavy (non-hydrogen) atoms. The first-order valence-electron chi connectivity index (χ1n) is 5.30. The zero-order valence-corrected chi connectivity index (χ0v) is 9.16. The minimum absolute atomic E-state index is 0.708. The van der Waals surface area contributed by atoms with Gasteiger partial charge in [-0.3, -0.25) is 0 Å². The predicted octanol–water partition coefficient (Wildman–Crippen LogP) is 3.81. The molecule has 2 aromatic carbocycles. The molecule has 0 unspecified atom stereocenters. The molecular formula is C14H15O. The summed E-state index contributed by atoms with van der Waals surface area (Å²) in [4.78, 5) is 0. The molecule has 0 spiro atoms. The molecule has 0 fully saturated rings. The third-order valence-corrected chi connectivity index (χ3v) is 2.52. The molecule has 1 nitrogen and oxygen atoms in total. The molecule has 0 N–H and O–H groups in total. The van der Waals surface area contributed by atoms with Gasteiger partial charge in [0, 0.05) is 5.56 Å². The lowest BCUT2D eigenvalue weighted by Crippen LogP contribution is -1.95. The fraction of sp³-hybridized carbons (Fsp3) is 0.214. The highest BCUT2D eigenvalue weighted by Crippen LogP contribution is 2.29. The monoisotopic (exact) mass is 199 g/mol. The summed E-state index contributed by atoms with van der Waals surface area (Å²) in [5.41, 5.74) is 1.19. The molecule has 0 aliphatic carbocycles. The SMILES string of the molecule is C[CH]c1c(OCC)ccc2ccccc12. The van der Waals surface area contributed by atoms with Gasteiger partial charge in [-0.25, -0.2) is 0 Å². The number of benzene rings is 2. The van der Waals surface area contributed by atoms with Crippen LogP contribution < -0.4 is 4.74 Å². The molecule has 0 aromatic heterocycles. The lowest BCUT2D eigenvalue weighted by molar-refractivity contribution is 0.339. The van der Waals surface area contributed by atoms with E-state index in [0.717, 1.165) is 5.75 Å². The van der Waals surface area contributed by atoms with Crippen molar-refractivity contribution in [3.8, 4) is 5.75 Å². The first-order chi connectivity index (χ1) is 7.36. The summed E-state index contributed by atoms with van der Waals surface area (Å²) in [6, 6.07) is 12.5. The largest absolute Gasteiger partial charge is 0.494 e. The fourth-order valence-corrected chi connectivity index (χ4v) is 1.85. The van der Waals surface area contributed by atoms with Crippen LogP contribution in [-0.2, 0) is 0 Å². The number of hydrogen-bond donors (Lipinski definition) is 0. The van der Waals surface area contributed by atoms with Gasteiger partial charge >= 0.3 is 0 Å². The Morgan fingerprint density at radius 2 is 1.93 bits per heavy atom. The highest BCUT2D eigenvalue weighted by atomic mass is 16.5. The van der Waals surface area contributed by atoms with E-state index in [-0.39, 0.29) is 0 Å². The highest BCUT2D eigenvalue weighted by molar-refractivity contribution is 5.88. The van der Waals surface area contributed by atoms with Crippen molar-refractivity contribution in [3.63, 3.8) is 0 Å². The Morgan fingerprint density at radius 1 is 1.13 bits per heavy atom. The molecule has 0 amide bonds. The van der Waals surface area contributed by atoms with Crippen molar-refractivity contribution in [3.05, 3.63) is 48.4 Å². The quantitative estimate of drug-likeness (QED) is 0.730. The Kier molecular flexibility index (Phi) is 2.91. The molecule has 0 bridgehead atoms. The summed E-state index contributed by atoms with van der Waals surface area (Å²) in [5, 5.41) is 2.51. The minimum atomic E-state index is 0.708. The normalized spacial score (nSPS) is 10.5. The number of rotatable bonds is 3. The molecule has 0 atom stereocenters. The standard InChI is InChI=1S/C14H15O/c1-3-12-13-8-6-5-7-11(13)9-10-14(12)15-4-2/h3,5-10H,4H2,1-2H3. The highest BCUT2D eigenvalue weighted by Gasteiger charge is 2.05. The Bertz CT molecular complexity index is 460. The molecule has 0 saturated carbocycles. The van der Waals surface area contributed by atoms with Crippen LogP contribution in [0.1, 0.15) is 19.4 Å². The van der Waals surface area contributed by atoms with Gasteiger partial charge in [-0.05, 0) is 30.2 Å². The van der Waals surface area contributed by atoms with Crippen molar-refractivity contribution >= 4 is 10.8 Å². The molecule has 77 valence electrons. The summed E-state index contributed by atoms with van der Waals surface area (Å²) in [5.74, 6) is 0.971. The maximum atomic E-state index is 5.60. The number of hydrogen-bond acceptors (Lipinski definition) is 1. The smallest absolute Gasteiger partial charge is 0.123 e. The van der Waals surface area contributed by atoms with Crippen LogP contribution in [0, 0.1) is 6.42 Å².